The number of rotatable bonds is 6. The molecule has 1 aromatic carbocycles. The molecule has 1 fully saturated rings. The van der Waals surface area contributed by atoms with Crippen LogP contribution in [0.5, 0.6) is 0 Å². The molecule has 0 unspecified atom stereocenters. The van der Waals surface area contributed by atoms with Crippen molar-refractivity contribution >= 4 is 63.8 Å². The highest BCUT2D eigenvalue weighted by Crippen LogP contribution is 2.35. The van der Waals surface area contributed by atoms with E-state index in [4.69, 9.17) is 23.8 Å². The van der Waals surface area contributed by atoms with E-state index in [1.54, 1.807) is 24.3 Å². The van der Waals surface area contributed by atoms with Crippen LogP contribution >= 0.6 is 35.6 Å². The highest BCUT2D eigenvalue weighted by Gasteiger charge is 2.37. The van der Waals surface area contributed by atoms with Gasteiger partial charge in [0, 0.05) is 11.0 Å². The second-order valence-electron chi connectivity index (χ2n) is 4.82. The minimum Gasteiger partial charge on any atom is -0.550 e. The van der Waals surface area contributed by atoms with Crippen LogP contribution in [0.1, 0.15) is 18.4 Å². The molecule has 9 heteroatoms. The Hall–Kier alpha value is -1.90. The third-order valence-electron chi connectivity index (χ3n) is 3.22. The van der Waals surface area contributed by atoms with Crippen molar-refractivity contribution in [1.82, 2.24) is 4.90 Å². The molecule has 1 aromatic rings. The molecule has 0 spiro atoms. The van der Waals surface area contributed by atoms with Gasteiger partial charge in [-0.25, -0.2) is 0 Å². The zero-order valence-electron chi connectivity index (χ0n) is 12.1. The Morgan fingerprint density at radius 2 is 2.00 bits per heavy atom. The monoisotopic (exact) mass is 383 g/mol. The topological polar surface area (TPSA) is 101 Å². The number of hydrogen-bond acceptors (Lipinski definition) is 7. The molecule has 0 aliphatic carbocycles. The normalized spacial score (nSPS) is 17.4. The number of aliphatic carboxylic acids is 2. The summed E-state index contributed by atoms with van der Waals surface area (Å²) in [5, 5.41) is 22.3. The maximum Gasteiger partial charge on any atom is 0.266 e. The van der Waals surface area contributed by atoms with Crippen LogP contribution in [0.3, 0.4) is 0 Å². The summed E-state index contributed by atoms with van der Waals surface area (Å²) >= 11 is 12.0. The molecule has 0 aromatic heterocycles. The zero-order chi connectivity index (χ0) is 17.9. The average Bonchev–Trinajstić information content (AvgIpc) is 2.77. The second-order valence-corrected chi connectivity index (χ2v) is 6.90. The molecule has 1 aliphatic rings. The Labute approximate surface area is 152 Å². The number of carboxylic acids is 2. The largest absolute Gasteiger partial charge is 0.550 e. The Balaban J connectivity index is 2.28. The number of benzene rings is 1. The summed E-state index contributed by atoms with van der Waals surface area (Å²) in [5.74, 6) is -3.62. The van der Waals surface area contributed by atoms with E-state index in [1.165, 1.54) is 6.08 Å². The van der Waals surface area contributed by atoms with Gasteiger partial charge >= 0.3 is 0 Å². The number of hydrogen-bond donors (Lipinski definition) is 0. The fourth-order valence-corrected chi connectivity index (χ4v) is 3.63. The van der Waals surface area contributed by atoms with Crippen molar-refractivity contribution < 1.29 is 24.6 Å². The molecule has 6 nitrogen and oxygen atoms in total. The van der Waals surface area contributed by atoms with Gasteiger partial charge in [-0.2, -0.15) is 0 Å². The molecule has 126 valence electrons. The molecule has 0 radical (unpaired) electrons. The number of thioether (sulfide) groups is 1. The number of halogens is 1. The van der Waals surface area contributed by atoms with Gasteiger partial charge in [-0.15, -0.1) is 0 Å². The first kappa shape index (κ1) is 18.4. The molecule has 24 heavy (non-hydrogen) atoms. The summed E-state index contributed by atoms with van der Waals surface area (Å²) in [7, 11) is 0. The minimum absolute atomic E-state index is 0.0193. The van der Waals surface area contributed by atoms with Gasteiger partial charge in [0.1, 0.15) is 4.32 Å². The van der Waals surface area contributed by atoms with Gasteiger partial charge in [0.25, 0.3) is 5.91 Å². The molecule has 0 bridgehead atoms. The fraction of sp³-hybridized carbons (Fsp3) is 0.200. The second kappa shape index (κ2) is 7.78. The van der Waals surface area contributed by atoms with E-state index in [-0.39, 0.29) is 15.6 Å². The van der Waals surface area contributed by atoms with E-state index < -0.39 is 30.3 Å². The van der Waals surface area contributed by atoms with Crippen LogP contribution in [-0.2, 0) is 14.4 Å². The molecular formula is C15H10ClNO5S2-2. The first-order valence-electron chi connectivity index (χ1n) is 6.73. The molecular weight excluding hydrogens is 374 g/mol. The predicted octanol–water partition coefficient (Wildman–Crippen LogP) is 0.190. The zero-order valence-corrected chi connectivity index (χ0v) is 14.5. The maximum atomic E-state index is 12.5. The van der Waals surface area contributed by atoms with Crippen molar-refractivity contribution in [1.29, 1.82) is 0 Å². The van der Waals surface area contributed by atoms with Crippen LogP contribution in [0.2, 0.25) is 5.02 Å². The van der Waals surface area contributed by atoms with Crippen molar-refractivity contribution in [2.45, 2.75) is 18.9 Å². The van der Waals surface area contributed by atoms with Crippen LogP contribution in [0, 0.1) is 0 Å². The summed E-state index contributed by atoms with van der Waals surface area (Å²) < 4.78 is 0.0193. The van der Waals surface area contributed by atoms with E-state index in [1.807, 2.05) is 0 Å². The predicted molar refractivity (Wildman–Crippen MR) is 89.5 cm³/mol. The van der Waals surface area contributed by atoms with Gasteiger partial charge in [-0.1, -0.05) is 53.8 Å². The third-order valence-corrected chi connectivity index (χ3v) is 4.90. The summed E-state index contributed by atoms with van der Waals surface area (Å²) in [6, 6.07) is 5.35. The van der Waals surface area contributed by atoms with Gasteiger partial charge in [0.05, 0.1) is 16.9 Å². The lowest BCUT2D eigenvalue weighted by Gasteiger charge is -2.27. The van der Waals surface area contributed by atoms with Crippen molar-refractivity contribution in [3.63, 3.8) is 0 Å². The average molecular weight is 384 g/mol. The summed E-state index contributed by atoms with van der Waals surface area (Å²) in [6.45, 7) is 0. The minimum atomic E-state index is -1.58. The number of carboxylic acid groups (broad SMARTS) is 2. The summed E-state index contributed by atoms with van der Waals surface area (Å²) in [6.07, 6.45) is 0.627. The molecule has 0 saturated carbocycles. The number of amides is 1. The van der Waals surface area contributed by atoms with Gasteiger partial charge in [-0.3, -0.25) is 9.69 Å². The molecule has 1 amide bonds. The highest BCUT2D eigenvalue weighted by atomic mass is 35.5. The van der Waals surface area contributed by atoms with Gasteiger partial charge < -0.3 is 19.8 Å². The van der Waals surface area contributed by atoms with Crippen LogP contribution in [-0.4, -0.2) is 33.1 Å². The van der Waals surface area contributed by atoms with Gasteiger partial charge in [-0.05, 0) is 30.5 Å². The summed E-state index contributed by atoms with van der Waals surface area (Å²) in [5.41, 5.74) is 0.583. The van der Waals surface area contributed by atoms with Crippen molar-refractivity contribution in [3.8, 4) is 0 Å². The lowest BCUT2D eigenvalue weighted by atomic mass is 10.1. The van der Waals surface area contributed by atoms with E-state index >= 15 is 0 Å². The Morgan fingerprint density at radius 1 is 1.33 bits per heavy atom. The molecule has 0 N–H and O–H groups in total. The van der Waals surface area contributed by atoms with Crippen LogP contribution in [0.4, 0.5) is 0 Å². The summed E-state index contributed by atoms with van der Waals surface area (Å²) in [4.78, 5) is 35.4. The molecule has 1 atom stereocenters. The Bertz CT molecular complexity index is 749. The standard InChI is InChI=1S/C15H12ClNO5S2/c16-9-4-2-1-3-8(9)7-11-13(20)17(15(23)24-11)10(14(21)22)5-6-12(18)19/h1-4,7,10H,5-6H2,(H,18,19)(H,21,22)/p-2/b11-7-/t10-/m1/s1. The smallest absolute Gasteiger partial charge is 0.266 e. The van der Waals surface area contributed by atoms with Gasteiger partial charge in [0.15, 0.2) is 0 Å². The van der Waals surface area contributed by atoms with E-state index in [9.17, 15) is 24.6 Å². The maximum absolute atomic E-state index is 12.5. The van der Waals surface area contributed by atoms with Crippen molar-refractivity contribution in [3.05, 3.63) is 39.8 Å². The van der Waals surface area contributed by atoms with Crippen molar-refractivity contribution in [2.75, 3.05) is 0 Å². The number of carbonyl (C=O) groups excluding carboxylic acids is 3. The number of carbonyl (C=O) groups is 3. The van der Waals surface area contributed by atoms with E-state index in [0.29, 0.717) is 10.6 Å². The first-order chi connectivity index (χ1) is 11.3. The molecule has 2 rings (SSSR count). The molecule has 1 saturated heterocycles. The lowest BCUT2D eigenvalue weighted by Crippen LogP contribution is -2.50. The van der Waals surface area contributed by atoms with E-state index in [2.05, 4.69) is 0 Å². The fourth-order valence-electron chi connectivity index (χ4n) is 2.09. The number of thiocarbonyl (C=S) groups is 1. The van der Waals surface area contributed by atoms with Gasteiger partial charge in [0.2, 0.25) is 0 Å². The van der Waals surface area contributed by atoms with Crippen LogP contribution in [0.15, 0.2) is 29.2 Å². The highest BCUT2D eigenvalue weighted by molar-refractivity contribution is 8.26. The first-order valence-corrected chi connectivity index (χ1v) is 8.34. The van der Waals surface area contributed by atoms with E-state index in [0.717, 1.165) is 16.7 Å². The Kier molecular flexibility index (Phi) is 5.98. The Morgan fingerprint density at radius 3 is 2.58 bits per heavy atom. The quantitative estimate of drug-likeness (QED) is 0.510. The third kappa shape index (κ3) is 4.14. The molecule has 1 aliphatic heterocycles. The number of nitrogens with zero attached hydrogens (tertiary/aromatic N) is 1. The lowest BCUT2D eigenvalue weighted by molar-refractivity contribution is -0.311. The molecule has 1 heterocycles. The van der Waals surface area contributed by atoms with Crippen molar-refractivity contribution in [2.24, 2.45) is 0 Å². The SMILES string of the molecule is O=C([O-])CC[C@H](C(=O)[O-])N1C(=O)/C(=C/c2ccccc2Cl)SC1=S. The van der Waals surface area contributed by atoms with Crippen LogP contribution in [0.25, 0.3) is 6.08 Å². The van der Waals surface area contributed by atoms with Crippen LogP contribution < -0.4 is 10.2 Å².